The summed E-state index contributed by atoms with van der Waals surface area (Å²) in [4.78, 5) is 3.56. The van der Waals surface area contributed by atoms with Crippen molar-refractivity contribution in [3.05, 3.63) is 12.7 Å². The van der Waals surface area contributed by atoms with Gasteiger partial charge in [-0.2, -0.15) is 5.10 Å². The van der Waals surface area contributed by atoms with Gasteiger partial charge in [0.05, 0.1) is 0 Å². The molecule has 3 nitrogen and oxygen atoms in total. The van der Waals surface area contributed by atoms with Crippen molar-refractivity contribution in [2.24, 2.45) is 0 Å². The van der Waals surface area contributed by atoms with Crippen LogP contribution in [0.3, 0.4) is 0 Å². The molecule has 0 aliphatic carbocycles. The second kappa shape index (κ2) is 11.2. The van der Waals surface area contributed by atoms with E-state index in [1.165, 1.54) is 12.7 Å². The third kappa shape index (κ3) is 7.33. The molecule has 0 fully saturated rings. The van der Waals surface area contributed by atoms with Crippen LogP contribution in [0.4, 0.5) is 0 Å². The molecule has 0 bridgehead atoms. The largest absolute Gasteiger partial charge is 0.266 e. The van der Waals surface area contributed by atoms with Crippen LogP contribution in [0.5, 0.6) is 0 Å². The van der Waals surface area contributed by atoms with Crippen molar-refractivity contribution in [2.45, 2.75) is 0 Å². The Morgan fingerprint density at radius 3 is 1.88 bits per heavy atom. The lowest BCUT2D eigenvalue weighted by Gasteiger charge is -1.46. The lowest BCUT2D eigenvalue weighted by Crippen LogP contribution is -1.53. The summed E-state index contributed by atoms with van der Waals surface area (Å²) in [6.07, 6.45) is 2.96. The molecule has 1 N–H and O–H groups in total. The molecule has 0 atom stereocenters. The molecule has 1 aromatic heterocycles. The van der Waals surface area contributed by atoms with Crippen molar-refractivity contribution in [3.63, 3.8) is 0 Å². The first-order chi connectivity index (χ1) is 2.50. The second-order valence-electron chi connectivity index (χ2n) is 0.652. The lowest BCUT2D eigenvalue weighted by molar-refractivity contribution is 1.09. The van der Waals surface area contributed by atoms with Gasteiger partial charge in [-0.1, -0.05) is 0 Å². The Morgan fingerprint density at radius 2 is 1.75 bits per heavy atom. The van der Waals surface area contributed by atoms with Crippen LogP contribution in [0.15, 0.2) is 12.7 Å². The number of aromatic amines is 1. The minimum atomic E-state index is 0. The van der Waals surface area contributed by atoms with Crippen molar-refractivity contribution in [2.75, 3.05) is 0 Å². The molecule has 0 unspecified atom stereocenters. The van der Waals surface area contributed by atoms with Crippen LogP contribution in [-0.2, 0) is 0 Å². The van der Waals surface area contributed by atoms with Gasteiger partial charge < -0.3 is 0 Å². The molecule has 50 valence electrons. The molecule has 0 radical (unpaired) electrons. The zero-order chi connectivity index (χ0) is 3.54. The molecule has 0 aliphatic heterocycles. The number of nitrogens with one attached hydrogen (secondary N) is 1. The number of halogens is 3. The number of rotatable bonds is 0. The molecular weight excluding hydrogens is 447 g/mol. The van der Waals surface area contributed by atoms with E-state index in [2.05, 4.69) is 15.2 Å². The smallest absolute Gasteiger partial charge is 0.137 e. The van der Waals surface area contributed by atoms with E-state index in [0.29, 0.717) is 0 Å². The number of aromatic nitrogens is 3. The normalized spacial score (nSPS) is 5.00. The Morgan fingerprint density at radius 1 is 1.12 bits per heavy atom. The molecule has 0 aliphatic rings. The highest BCUT2D eigenvalue weighted by atomic mass is 127. The van der Waals surface area contributed by atoms with E-state index in [4.69, 9.17) is 0 Å². The van der Waals surface area contributed by atoms with Crippen LogP contribution in [0, 0.1) is 0 Å². The van der Waals surface area contributed by atoms with Crippen LogP contribution in [0.1, 0.15) is 0 Å². The fourth-order valence-electron chi connectivity index (χ4n) is 0.167. The molecule has 0 saturated heterocycles. The average molecular weight is 453 g/mol. The Hall–Kier alpha value is 1.33. The first-order valence-corrected chi connectivity index (χ1v) is 1.29. The maximum Gasteiger partial charge on any atom is 0.137 e. The van der Waals surface area contributed by atoms with Gasteiger partial charge in [0.15, 0.2) is 0 Å². The highest BCUT2D eigenvalue weighted by molar-refractivity contribution is 14.0. The zero-order valence-corrected chi connectivity index (χ0v) is 10.8. The van der Waals surface area contributed by atoms with Crippen LogP contribution in [0.2, 0.25) is 0 Å². The number of hydrogen-bond donors (Lipinski definition) is 1. The first-order valence-electron chi connectivity index (χ1n) is 1.29. The number of H-pyrrole nitrogens is 1. The third-order valence-electron chi connectivity index (χ3n) is 0.331. The maximum atomic E-state index is 3.56. The highest BCUT2D eigenvalue weighted by Gasteiger charge is 1.57. The van der Waals surface area contributed by atoms with Gasteiger partial charge in [-0.05, 0) is 0 Å². The van der Waals surface area contributed by atoms with Crippen molar-refractivity contribution in [1.29, 1.82) is 0 Å². The van der Waals surface area contributed by atoms with E-state index in [1.807, 2.05) is 0 Å². The molecule has 1 rings (SSSR count). The fourth-order valence-corrected chi connectivity index (χ4v) is 0.167. The third-order valence-corrected chi connectivity index (χ3v) is 0.331. The summed E-state index contributed by atoms with van der Waals surface area (Å²) in [7, 11) is 0. The molecule has 0 saturated carbocycles. The van der Waals surface area contributed by atoms with E-state index in [-0.39, 0.29) is 71.9 Å². The SMILES string of the molecule is I.I.I.c1nc[nH]n1. The molecule has 1 aromatic rings. The van der Waals surface area contributed by atoms with Gasteiger partial charge in [-0.3, -0.25) is 5.10 Å². The van der Waals surface area contributed by atoms with E-state index >= 15 is 0 Å². The number of nitrogens with zero attached hydrogens (tertiary/aromatic N) is 2. The Labute approximate surface area is 98.5 Å². The quantitative estimate of drug-likeness (QED) is 0.608. The molecular formula is C2H6I3N3. The van der Waals surface area contributed by atoms with E-state index in [0.717, 1.165) is 0 Å². The Kier molecular flexibility index (Phi) is 22.6. The minimum absolute atomic E-state index is 0. The first kappa shape index (κ1) is 16.2. The van der Waals surface area contributed by atoms with Crippen LogP contribution in [-0.4, -0.2) is 15.2 Å². The highest BCUT2D eigenvalue weighted by Crippen LogP contribution is 1.53. The molecule has 0 spiro atoms. The summed E-state index contributed by atoms with van der Waals surface area (Å²) in [5.41, 5.74) is 0. The van der Waals surface area contributed by atoms with Gasteiger partial charge in [0, 0.05) is 0 Å². The summed E-state index contributed by atoms with van der Waals surface area (Å²) in [6, 6.07) is 0. The summed E-state index contributed by atoms with van der Waals surface area (Å²) in [5, 5.41) is 5.99. The van der Waals surface area contributed by atoms with Gasteiger partial charge in [-0.25, -0.2) is 4.98 Å². The fraction of sp³-hybridized carbons (Fsp3) is 0. The van der Waals surface area contributed by atoms with Crippen LogP contribution >= 0.6 is 71.9 Å². The van der Waals surface area contributed by atoms with Crippen molar-refractivity contribution >= 4 is 71.9 Å². The summed E-state index contributed by atoms with van der Waals surface area (Å²) in [5.74, 6) is 0. The minimum Gasteiger partial charge on any atom is -0.266 e. The van der Waals surface area contributed by atoms with Gasteiger partial charge in [-0.15, -0.1) is 71.9 Å². The summed E-state index contributed by atoms with van der Waals surface area (Å²) in [6.45, 7) is 0. The predicted octanol–water partition coefficient (Wildman–Crippen LogP) is 1.66. The zero-order valence-electron chi connectivity index (χ0n) is 3.77. The molecule has 8 heavy (non-hydrogen) atoms. The van der Waals surface area contributed by atoms with Gasteiger partial charge in [0.25, 0.3) is 0 Å². The average Bonchev–Trinajstić information content (AvgIpc) is 1.76. The van der Waals surface area contributed by atoms with E-state index in [1.54, 1.807) is 0 Å². The maximum absolute atomic E-state index is 3.56. The lowest BCUT2D eigenvalue weighted by atomic mass is 11.3. The summed E-state index contributed by atoms with van der Waals surface area (Å²) >= 11 is 0. The van der Waals surface area contributed by atoms with Gasteiger partial charge >= 0.3 is 0 Å². The molecule has 1 heterocycles. The predicted molar refractivity (Wildman–Crippen MR) is 62.6 cm³/mol. The monoisotopic (exact) mass is 453 g/mol. The topological polar surface area (TPSA) is 41.6 Å². The Balaban J connectivity index is -0.0000000833. The van der Waals surface area contributed by atoms with Crippen molar-refractivity contribution in [1.82, 2.24) is 15.2 Å². The van der Waals surface area contributed by atoms with Crippen LogP contribution < -0.4 is 0 Å². The van der Waals surface area contributed by atoms with Gasteiger partial charge in [0.2, 0.25) is 0 Å². The Bertz CT molecular complexity index is 69.0. The van der Waals surface area contributed by atoms with Gasteiger partial charge in [0.1, 0.15) is 12.7 Å². The van der Waals surface area contributed by atoms with E-state index in [9.17, 15) is 0 Å². The standard InChI is InChI=1S/C2H3N3.3HI/c1-3-2-5-4-1;;;/h1-2H,(H,3,4,5);3*1H. The molecule has 0 amide bonds. The molecule has 6 heteroatoms. The van der Waals surface area contributed by atoms with E-state index < -0.39 is 0 Å². The van der Waals surface area contributed by atoms with Crippen LogP contribution in [0.25, 0.3) is 0 Å². The van der Waals surface area contributed by atoms with Crippen molar-refractivity contribution < 1.29 is 0 Å². The summed E-state index contributed by atoms with van der Waals surface area (Å²) < 4.78 is 0. The van der Waals surface area contributed by atoms with Crippen molar-refractivity contribution in [3.8, 4) is 0 Å². The molecule has 0 aromatic carbocycles. The number of hydrogen-bond acceptors (Lipinski definition) is 2. The second-order valence-corrected chi connectivity index (χ2v) is 0.652.